The van der Waals surface area contributed by atoms with Crippen molar-refractivity contribution in [1.82, 2.24) is 9.78 Å². The fraction of sp³-hybridized carbons (Fsp3) is 0.692. The Hall–Kier alpha value is -1.36. The van der Waals surface area contributed by atoms with E-state index in [2.05, 4.69) is 5.10 Å². The molecular weight excluding hydrogens is 232 g/mol. The molecule has 1 aromatic heterocycles. The molecule has 0 saturated carbocycles. The van der Waals surface area contributed by atoms with Crippen LogP contribution in [-0.2, 0) is 12.0 Å². The SMILES string of the molecule is CC(C)(C)c1cc(C(=O)O)n(CCCCCO)n1. The first kappa shape index (κ1) is 14.7. The van der Waals surface area contributed by atoms with Gasteiger partial charge in [0.2, 0.25) is 0 Å². The van der Waals surface area contributed by atoms with Crippen LogP contribution in [0.4, 0.5) is 0 Å². The molecule has 1 heterocycles. The number of carboxylic acid groups (broad SMARTS) is 1. The van der Waals surface area contributed by atoms with Crippen LogP contribution in [0.25, 0.3) is 0 Å². The van der Waals surface area contributed by atoms with Crippen molar-refractivity contribution in [3.8, 4) is 0 Å². The second-order valence-electron chi connectivity index (χ2n) is 5.48. The maximum absolute atomic E-state index is 11.2. The molecule has 0 radical (unpaired) electrons. The van der Waals surface area contributed by atoms with Gasteiger partial charge in [-0.2, -0.15) is 5.10 Å². The van der Waals surface area contributed by atoms with Crippen LogP contribution in [-0.4, -0.2) is 32.6 Å². The number of hydrogen-bond acceptors (Lipinski definition) is 3. The summed E-state index contributed by atoms with van der Waals surface area (Å²) >= 11 is 0. The third kappa shape index (κ3) is 3.84. The van der Waals surface area contributed by atoms with Gasteiger partial charge in [-0.15, -0.1) is 0 Å². The fourth-order valence-electron chi connectivity index (χ4n) is 1.68. The minimum absolute atomic E-state index is 0.152. The number of aromatic nitrogens is 2. The normalized spacial score (nSPS) is 11.8. The van der Waals surface area contributed by atoms with Gasteiger partial charge < -0.3 is 10.2 Å². The van der Waals surface area contributed by atoms with E-state index >= 15 is 0 Å². The molecule has 0 bridgehead atoms. The van der Waals surface area contributed by atoms with Gasteiger partial charge in [0.25, 0.3) is 0 Å². The van der Waals surface area contributed by atoms with Crippen molar-refractivity contribution in [3.63, 3.8) is 0 Å². The van der Waals surface area contributed by atoms with Gasteiger partial charge in [0.05, 0.1) is 5.69 Å². The topological polar surface area (TPSA) is 75.3 Å². The lowest BCUT2D eigenvalue weighted by atomic mass is 9.92. The van der Waals surface area contributed by atoms with Crippen LogP contribution in [0.2, 0.25) is 0 Å². The minimum atomic E-state index is -0.944. The first-order chi connectivity index (χ1) is 8.36. The van der Waals surface area contributed by atoms with E-state index in [-0.39, 0.29) is 17.7 Å². The van der Waals surface area contributed by atoms with Crippen molar-refractivity contribution in [1.29, 1.82) is 0 Å². The number of carboxylic acids is 1. The summed E-state index contributed by atoms with van der Waals surface area (Å²) in [6.45, 7) is 6.79. The zero-order valence-electron chi connectivity index (χ0n) is 11.3. The van der Waals surface area contributed by atoms with Gasteiger partial charge in [-0.25, -0.2) is 4.79 Å². The molecular formula is C13H22N2O3. The van der Waals surface area contributed by atoms with E-state index in [9.17, 15) is 4.79 Å². The second kappa shape index (κ2) is 6.00. The maximum atomic E-state index is 11.2. The van der Waals surface area contributed by atoms with Gasteiger partial charge in [0.15, 0.2) is 0 Å². The number of carbonyl (C=O) groups is 1. The predicted octanol–water partition coefficient (Wildman–Crippen LogP) is 2.04. The van der Waals surface area contributed by atoms with Crippen molar-refractivity contribution in [3.05, 3.63) is 17.5 Å². The number of hydrogen-bond donors (Lipinski definition) is 2. The van der Waals surface area contributed by atoms with Gasteiger partial charge in [-0.3, -0.25) is 4.68 Å². The number of rotatable bonds is 6. The van der Waals surface area contributed by atoms with Crippen molar-refractivity contribution in [2.45, 2.75) is 52.0 Å². The highest BCUT2D eigenvalue weighted by atomic mass is 16.4. The van der Waals surface area contributed by atoms with Gasteiger partial charge in [0, 0.05) is 18.6 Å². The molecule has 0 saturated heterocycles. The maximum Gasteiger partial charge on any atom is 0.354 e. The lowest BCUT2D eigenvalue weighted by Crippen LogP contribution is -2.13. The number of unbranched alkanes of at least 4 members (excludes halogenated alkanes) is 2. The molecule has 0 amide bonds. The molecule has 2 N–H and O–H groups in total. The third-order valence-corrected chi connectivity index (χ3v) is 2.80. The van der Waals surface area contributed by atoms with E-state index in [1.807, 2.05) is 20.8 Å². The first-order valence-corrected chi connectivity index (χ1v) is 6.28. The molecule has 18 heavy (non-hydrogen) atoms. The van der Waals surface area contributed by atoms with Crippen LogP contribution in [0.5, 0.6) is 0 Å². The Morgan fingerprint density at radius 1 is 1.33 bits per heavy atom. The molecule has 0 aliphatic carbocycles. The molecule has 5 heteroatoms. The molecule has 0 unspecified atom stereocenters. The highest BCUT2D eigenvalue weighted by Gasteiger charge is 2.22. The Labute approximate surface area is 107 Å². The molecule has 0 atom stereocenters. The summed E-state index contributed by atoms with van der Waals surface area (Å²) in [6.07, 6.45) is 2.45. The minimum Gasteiger partial charge on any atom is -0.477 e. The molecule has 1 aromatic rings. The highest BCUT2D eigenvalue weighted by molar-refractivity contribution is 5.85. The average molecular weight is 254 g/mol. The van der Waals surface area contributed by atoms with Gasteiger partial charge in [0.1, 0.15) is 5.69 Å². The number of nitrogens with zero attached hydrogens (tertiary/aromatic N) is 2. The monoisotopic (exact) mass is 254 g/mol. The van der Waals surface area contributed by atoms with Crippen LogP contribution >= 0.6 is 0 Å². The summed E-state index contributed by atoms with van der Waals surface area (Å²) in [5.41, 5.74) is 0.881. The Morgan fingerprint density at radius 2 is 2.00 bits per heavy atom. The lowest BCUT2D eigenvalue weighted by Gasteiger charge is -2.14. The first-order valence-electron chi connectivity index (χ1n) is 6.28. The largest absolute Gasteiger partial charge is 0.477 e. The average Bonchev–Trinajstić information content (AvgIpc) is 2.68. The standard InChI is InChI=1S/C13H22N2O3/c1-13(2,3)11-9-10(12(17)18)15(14-11)7-5-4-6-8-16/h9,16H,4-8H2,1-3H3,(H,17,18). The summed E-state index contributed by atoms with van der Waals surface area (Å²) in [5.74, 6) is -0.944. The Balaban J connectivity index is 2.82. The number of aliphatic hydroxyl groups excluding tert-OH is 1. The molecule has 5 nitrogen and oxygen atoms in total. The van der Waals surface area contributed by atoms with E-state index < -0.39 is 5.97 Å². The van der Waals surface area contributed by atoms with E-state index in [0.29, 0.717) is 6.54 Å². The van der Waals surface area contributed by atoms with Crippen LogP contribution in [0, 0.1) is 0 Å². The fourth-order valence-corrected chi connectivity index (χ4v) is 1.68. The van der Waals surface area contributed by atoms with Gasteiger partial charge in [-0.1, -0.05) is 20.8 Å². The van der Waals surface area contributed by atoms with E-state index in [4.69, 9.17) is 10.2 Å². The number of aliphatic hydroxyl groups is 1. The molecule has 0 fully saturated rings. The van der Waals surface area contributed by atoms with Crippen molar-refractivity contribution in [2.75, 3.05) is 6.61 Å². The van der Waals surface area contributed by atoms with Crippen molar-refractivity contribution < 1.29 is 15.0 Å². The van der Waals surface area contributed by atoms with Crippen LogP contribution in [0.3, 0.4) is 0 Å². The van der Waals surface area contributed by atoms with E-state index in [0.717, 1.165) is 25.0 Å². The summed E-state index contributed by atoms with van der Waals surface area (Å²) < 4.78 is 1.56. The van der Waals surface area contributed by atoms with Crippen molar-refractivity contribution >= 4 is 5.97 Å². The molecule has 1 rings (SSSR count). The number of aryl methyl sites for hydroxylation is 1. The highest BCUT2D eigenvalue weighted by Crippen LogP contribution is 2.22. The summed E-state index contributed by atoms with van der Waals surface area (Å²) in [5, 5.41) is 22.2. The Morgan fingerprint density at radius 3 is 2.50 bits per heavy atom. The van der Waals surface area contributed by atoms with Gasteiger partial charge >= 0.3 is 5.97 Å². The zero-order valence-corrected chi connectivity index (χ0v) is 11.3. The zero-order chi connectivity index (χ0) is 13.8. The third-order valence-electron chi connectivity index (χ3n) is 2.80. The molecule has 0 spiro atoms. The summed E-state index contributed by atoms with van der Waals surface area (Å²) in [4.78, 5) is 11.2. The van der Waals surface area contributed by atoms with Crippen LogP contribution in [0.15, 0.2) is 6.07 Å². The van der Waals surface area contributed by atoms with E-state index in [1.54, 1.807) is 10.7 Å². The van der Waals surface area contributed by atoms with Crippen molar-refractivity contribution in [2.24, 2.45) is 0 Å². The van der Waals surface area contributed by atoms with Gasteiger partial charge in [-0.05, 0) is 25.3 Å². The smallest absolute Gasteiger partial charge is 0.354 e. The number of aromatic carboxylic acids is 1. The van der Waals surface area contributed by atoms with Crippen LogP contribution < -0.4 is 0 Å². The van der Waals surface area contributed by atoms with Crippen LogP contribution in [0.1, 0.15) is 56.2 Å². The van der Waals surface area contributed by atoms with E-state index in [1.165, 1.54) is 0 Å². The Bertz CT molecular complexity index is 405. The molecule has 102 valence electrons. The Kier molecular flexibility index (Phi) is 4.90. The summed E-state index contributed by atoms with van der Waals surface area (Å²) in [6, 6.07) is 1.65. The molecule has 0 aliphatic rings. The quantitative estimate of drug-likeness (QED) is 0.762. The lowest BCUT2D eigenvalue weighted by molar-refractivity contribution is 0.0683. The molecule has 0 aliphatic heterocycles. The summed E-state index contributed by atoms with van der Waals surface area (Å²) in [7, 11) is 0. The second-order valence-corrected chi connectivity index (χ2v) is 5.48. The predicted molar refractivity (Wildman–Crippen MR) is 68.8 cm³/mol. The molecule has 0 aromatic carbocycles.